The average molecular weight is 461 g/mol. The van der Waals surface area contributed by atoms with Gasteiger partial charge in [0.05, 0.1) is 12.7 Å². The van der Waals surface area contributed by atoms with E-state index in [-0.39, 0.29) is 24.7 Å². The summed E-state index contributed by atoms with van der Waals surface area (Å²) >= 11 is 0. The van der Waals surface area contributed by atoms with Crippen LogP contribution in [0.25, 0.3) is 6.08 Å². The second-order valence-corrected chi connectivity index (χ2v) is 7.46. The van der Waals surface area contributed by atoms with Gasteiger partial charge < -0.3 is 14.3 Å². The number of halogens is 1. The summed E-state index contributed by atoms with van der Waals surface area (Å²) in [4.78, 5) is 24.1. The van der Waals surface area contributed by atoms with Crippen molar-refractivity contribution < 1.29 is 23.4 Å². The van der Waals surface area contributed by atoms with Crippen molar-refractivity contribution in [1.29, 1.82) is 0 Å². The molecule has 8 nitrogen and oxygen atoms in total. The number of benzene rings is 2. The Hall–Kier alpha value is -4.53. The number of hydrogen-bond donors (Lipinski definition) is 1. The number of aromatic nitrogens is 3. The van der Waals surface area contributed by atoms with Gasteiger partial charge in [-0.2, -0.15) is 0 Å². The van der Waals surface area contributed by atoms with Crippen molar-refractivity contribution >= 4 is 11.9 Å². The highest BCUT2D eigenvalue weighted by atomic mass is 19.1. The van der Waals surface area contributed by atoms with Crippen LogP contribution in [0.4, 0.5) is 4.39 Å². The smallest absolute Gasteiger partial charge is 0.351 e. The second kappa shape index (κ2) is 9.95. The van der Waals surface area contributed by atoms with Crippen LogP contribution in [0, 0.1) is 12.7 Å². The Labute approximate surface area is 193 Å². The van der Waals surface area contributed by atoms with E-state index in [1.807, 2.05) is 0 Å². The first-order valence-electron chi connectivity index (χ1n) is 10.3. The quantitative estimate of drug-likeness (QED) is 0.313. The number of ketones is 1. The molecular weight excluding hydrogens is 441 g/mol. The van der Waals surface area contributed by atoms with Crippen molar-refractivity contribution in [3.05, 3.63) is 111 Å². The molecule has 9 heteroatoms. The number of hydrogen-bond acceptors (Lipinski definition) is 7. The van der Waals surface area contributed by atoms with Crippen molar-refractivity contribution in [3.8, 4) is 11.5 Å². The molecule has 1 N–H and O–H groups in total. The lowest BCUT2D eigenvalue weighted by Crippen LogP contribution is -2.12. The average Bonchev–Trinajstić information content (AvgIpc) is 3.25. The number of aryl methyl sites for hydroxylation is 1. The van der Waals surface area contributed by atoms with E-state index in [1.54, 1.807) is 48.7 Å². The zero-order valence-electron chi connectivity index (χ0n) is 18.1. The lowest BCUT2D eigenvalue weighted by molar-refractivity contribution is 0.104. The molecule has 172 valence electrons. The molecule has 0 saturated heterocycles. The van der Waals surface area contributed by atoms with Gasteiger partial charge in [0.15, 0.2) is 5.78 Å². The maximum Gasteiger partial charge on any atom is 0.351 e. The van der Waals surface area contributed by atoms with Crippen LogP contribution < -0.4 is 10.4 Å². The second-order valence-electron chi connectivity index (χ2n) is 7.46. The molecule has 0 atom stereocenters. The number of nitrogens with zero attached hydrogens (tertiary/aromatic N) is 3. The Morgan fingerprint density at radius 2 is 1.97 bits per heavy atom. The van der Waals surface area contributed by atoms with Gasteiger partial charge in [0, 0.05) is 11.6 Å². The van der Waals surface area contributed by atoms with E-state index in [1.165, 1.54) is 35.9 Å². The predicted molar refractivity (Wildman–Crippen MR) is 121 cm³/mol. The molecule has 2 aromatic heterocycles. The van der Waals surface area contributed by atoms with Gasteiger partial charge in [-0.05, 0) is 36.8 Å². The number of ether oxygens (including phenoxy) is 1. The van der Waals surface area contributed by atoms with Crippen LogP contribution in [0.1, 0.15) is 32.9 Å². The summed E-state index contributed by atoms with van der Waals surface area (Å²) in [5, 5.41) is 17.9. The number of carbonyl (C=O) groups is 1. The molecule has 0 spiro atoms. The summed E-state index contributed by atoms with van der Waals surface area (Å²) < 4.78 is 25.9. The molecule has 0 unspecified atom stereocenters. The van der Waals surface area contributed by atoms with Crippen molar-refractivity contribution in [2.45, 2.75) is 20.1 Å². The highest BCUT2D eigenvalue weighted by Crippen LogP contribution is 2.18. The van der Waals surface area contributed by atoms with E-state index in [4.69, 9.17) is 9.15 Å². The van der Waals surface area contributed by atoms with Crippen molar-refractivity contribution in [1.82, 2.24) is 15.0 Å². The van der Waals surface area contributed by atoms with Crippen LogP contribution in [0.3, 0.4) is 0 Å². The van der Waals surface area contributed by atoms with E-state index >= 15 is 0 Å². The lowest BCUT2D eigenvalue weighted by Gasteiger charge is -2.04. The number of carbonyl (C=O) groups excluding carboxylic acids is 1. The van der Waals surface area contributed by atoms with Gasteiger partial charge in [0.25, 0.3) is 0 Å². The van der Waals surface area contributed by atoms with Crippen LogP contribution in [-0.2, 0) is 13.2 Å². The fourth-order valence-electron chi connectivity index (χ4n) is 3.19. The summed E-state index contributed by atoms with van der Waals surface area (Å²) in [5.74, 6) is -0.594. The highest BCUT2D eigenvalue weighted by Gasteiger charge is 2.15. The van der Waals surface area contributed by atoms with Gasteiger partial charge in [-0.3, -0.25) is 4.79 Å². The van der Waals surface area contributed by atoms with Crippen LogP contribution in [0.15, 0.2) is 76.1 Å². The van der Waals surface area contributed by atoms with Gasteiger partial charge in [-0.1, -0.05) is 41.6 Å². The van der Waals surface area contributed by atoms with Gasteiger partial charge in [-0.25, -0.2) is 13.9 Å². The molecule has 0 bridgehead atoms. The van der Waals surface area contributed by atoms with Crippen molar-refractivity contribution in [2.75, 3.05) is 0 Å². The summed E-state index contributed by atoms with van der Waals surface area (Å²) in [5.41, 5.74) is 0.488. The standard InChI is InChI=1S/C25H20FN3O5/c1-16-12-23(31)24(25(32)34-16)22(30)11-8-17-6-9-20(10-7-17)33-15-19-14-29(28-27-19)13-18-4-2-3-5-21(18)26/h2-12,14,31H,13,15H2,1H3/b11-8+. The molecule has 4 rings (SSSR count). The first-order chi connectivity index (χ1) is 16.4. The summed E-state index contributed by atoms with van der Waals surface area (Å²) in [6.07, 6.45) is 4.39. The molecule has 0 radical (unpaired) electrons. The molecule has 0 aliphatic heterocycles. The summed E-state index contributed by atoms with van der Waals surface area (Å²) in [7, 11) is 0. The molecule has 0 aliphatic carbocycles. The Bertz CT molecular complexity index is 1410. The first kappa shape index (κ1) is 22.7. The zero-order valence-corrected chi connectivity index (χ0v) is 18.1. The van der Waals surface area contributed by atoms with E-state index in [0.29, 0.717) is 22.6 Å². The molecule has 0 aliphatic rings. The van der Waals surface area contributed by atoms with Gasteiger partial charge in [0.1, 0.15) is 40.9 Å². The minimum absolute atomic E-state index is 0.174. The molecule has 34 heavy (non-hydrogen) atoms. The van der Waals surface area contributed by atoms with Crippen LogP contribution in [-0.4, -0.2) is 25.9 Å². The summed E-state index contributed by atoms with van der Waals surface area (Å²) in [6, 6.07) is 14.6. The molecule has 0 saturated carbocycles. The fourth-order valence-corrected chi connectivity index (χ4v) is 3.19. The highest BCUT2D eigenvalue weighted by molar-refractivity contribution is 6.08. The third-order valence-corrected chi connectivity index (χ3v) is 4.87. The minimum Gasteiger partial charge on any atom is -0.507 e. The Morgan fingerprint density at radius 3 is 2.71 bits per heavy atom. The van der Waals surface area contributed by atoms with E-state index < -0.39 is 22.7 Å². The minimum atomic E-state index is -0.887. The fraction of sp³-hybridized carbons (Fsp3) is 0.120. The maximum atomic E-state index is 13.8. The van der Waals surface area contributed by atoms with Crippen molar-refractivity contribution in [3.63, 3.8) is 0 Å². The lowest BCUT2D eigenvalue weighted by atomic mass is 10.1. The molecular formula is C25H20FN3O5. The molecule has 0 fully saturated rings. The molecule has 2 aromatic carbocycles. The zero-order chi connectivity index (χ0) is 24.1. The normalized spacial score (nSPS) is 11.1. The Kier molecular flexibility index (Phi) is 6.63. The van der Waals surface area contributed by atoms with Gasteiger partial charge in [-0.15, -0.1) is 5.10 Å². The summed E-state index contributed by atoms with van der Waals surface area (Å²) in [6.45, 7) is 1.94. The first-order valence-corrected chi connectivity index (χ1v) is 10.3. The molecule has 0 amide bonds. The predicted octanol–water partition coefficient (Wildman–Crippen LogP) is 3.91. The third-order valence-electron chi connectivity index (χ3n) is 4.87. The Balaban J connectivity index is 1.34. The van der Waals surface area contributed by atoms with E-state index in [2.05, 4.69) is 10.3 Å². The van der Waals surface area contributed by atoms with Crippen molar-refractivity contribution in [2.24, 2.45) is 0 Å². The molecule has 4 aromatic rings. The van der Waals surface area contributed by atoms with Crippen LogP contribution >= 0.6 is 0 Å². The van der Waals surface area contributed by atoms with E-state index in [0.717, 1.165) is 0 Å². The van der Waals surface area contributed by atoms with Gasteiger partial charge >= 0.3 is 5.63 Å². The van der Waals surface area contributed by atoms with Gasteiger partial charge in [0.2, 0.25) is 0 Å². The topological polar surface area (TPSA) is 107 Å². The van der Waals surface area contributed by atoms with Crippen LogP contribution in [0.2, 0.25) is 0 Å². The number of allylic oxidation sites excluding steroid dienone is 1. The maximum absolute atomic E-state index is 13.8. The monoisotopic (exact) mass is 461 g/mol. The Morgan fingerprint density at radius 1 is 1.21 bits per heavy atom. The van der Waals surface area contributed by atoms with Crippen LogP contribution in [0.5, 0.6) is 11.5 Å². The number of aromatic hydroxyl groups is 1. The van der Waals surface area contributed by atoms with E-state index in [9.17, 15) is 19.1 Å². The SMILES string of the molecule is Cc1cc(O)c(C(=O)/C=C/c2ccc(OCc3cn(Cc4ccccc4F)nn3)cc2)c(=O)o1. The molecule has 2 heterocycles. The third kappa shape index (κ3) is 5.44. The number of rotatable bonds is 8. The largest absolute Gasteiger partial charge is 0.507 e.